The molecule has 1 nitrogen and oxygen atoms in total. The van der Waals surface area contributed by atoms with E-state index in [1.54, 1.807) is 0 Å². The standard InChI is InChI=1S/C12H19N/c1-4-8-13-10-12(3)7-5-6-11(2)9-12/h5-7,10H,4,8-9H2,1-3H3. The average Bonchev–Trinajstić information content (AvgIpc) is 2.04. The molecule has 13 heavy (non-hydrogen) atoms. The van der Waals surface area contributed by atoms with Gasteiger partial charge in [0, 0.05) is 18.2 Å². The lowest BCUT2D eigenvalue weighted by molar-refractivity contribution is 0.592. The molecule has 1 rings (SSSR count). The van der Waals surface area contributed by atoms with E-state index in [4.69, 9.17) is 0 Å². The molecule has 1 unspecified atom stereocenters. The molecular formula is C12H19N. The van der Waals surface area contributed by atoms with E-state index >= 15 is 0 Å². The number of hydrogen-bond acceptors (Lipinski definition) is 1. The van der Waals surface area contributed by atoms with E-state index in [1.165, 1.54) is 5.57 Å². The minimum atomic E-state index is 0.161. The summed E-state index contributed by atoms with van der Waals surface area (Å²) in [5.74, 6) is 0. The van der Waals surface area contributed by atoms with Crippen LogP contribution in [0.3, 0.4) is 0 Å². The second kappa shape index (κ2) is 4.40. The summed E-state index contributed by atoms with van der Waals surface area (Å²) < 4.78 is 0. The maximum Gasteiger partial charge on any atom is 0.0383 e. The Hall–Kier alpha value is -0.850. The highest BCUT2D eigenvalue weighted by Crippen LogP contribution is 2.28. The summed E-state index contributed by atoms with van der Waals surface area (Å²) in [5.41, 5.74) is 1.60. The third-order valence-corrected chi connectivity index (χ3v) is 2.26. The third-order valence-electron chi connectivity index (χ3n) is 2.26. The van der Waals surface area contributed by atoms with Crippen LogP contribution in [0.25, 0.3) is 0 Å². The zero-order valence-corrected chi connectivity index (χ0v) is 8.88. The van der Waals surface area contributed by atoms with Gasteiger partial charge in [0.25, 0.3) is 0 Å². The number of nitrogens with zero attached hydrogens (tertiary/aromatic N) is 1. The quantitative estimate of drug-likeness (QED) is 0.586. The number of allylic oxidation sites excluding steroid dienone is 4. The Labute approximate surface area is 81.3 Å². The fourth-order valence-corrected chi connectivity index (χ4v) is 1.64. The molecule has 0 N–H and O–H groups in total. The Balaban J connectivity index is 2.58. The molecule has 72 valence electrons. The second-order valence-electron chi connectivity index (χ2n) is 4.09. The van der Waals surface area contributed by atoms with E-state index in [1.807, 2.05) is 0 Å². The van der Waals surface area contributed by atoms with Gasteiger partial charge in [-0.25, -0.2) is 0 Å². The van der Waals surface area contributed by atoms with Crippen molar-refractivity contribution in [2.45, 2.75) is 33.6 Å². The van der Waals surface area contributed by atoms with E-state index in [0.717, 1.165) is 19.4 Å². The van der Waals surface area contributed by atoms with E-state index in [2.05, 4.69) is 50.2 Å². The largest absolute Gasteiger partial charge is 0.297 e. The zero-order valence-electron chi connectivity index (χ0n) is 8.88. The van der Waals surface area contributed by atoms with Crippen LogP contribution in [0, 0.1) is 5.41 Å². The first-order chi connectivity index (χ1) is 6.16. The highest BCUT2D eigenvalue weighted by molar-refractivity contribution is 5.69. The molecule has 0 saturated heterocycles. The van der Waals surface area contributed by atoms with Crippen LogP contribution in [0.15, 0.2) is 28.8 Å². The first kappa shape index (κ1) is 10.2. The van der Waals surface area contributed by atoms with Crippen LogP contribution in [-0.2, 0) is 0 Å². The van der Waals surface area contributed by atoms with Crippen LogP contribution in [0.5, 0.6) is 0 Å². The molecular weight excluding hydrogens is 158 g/mol. The maximum atomic E-state index is 4.42. The normalized spacial score (nSPS) is 28.1. The molecule has 0 heterocycles. The van der Waals surface area contributed by atoms with Crippen LogP contribution in [0.4, 0.5) is 0 Å². The smallest absolute Gasteiger partial charge is 0.0383 e. The van der Waals surface area contributed by atoms with Gasteiger partial charge in [-0.1, -0.05) is 37.6 Å². The van der Waals surface area contributed by atoms with Crippen molar-refractivity contribution in [2.24, 2.45) is 10.4 Å². The topological polar surface area (TPSA) is 12.4 Å². The molecule has 0 radical (unpaired) electrons. The van der Waals surface area contributed by atoms with E-state index in [9.17, 15) is 0 Å². The average molecular weight is 177 g/mol. The van der Waals surface area contributed by atoms with Gasteiger partial charge in [-0.3, -0.25) is 4.99 Å². The van der Waals surface area contributed by atoms with Crippen molar-refractivity contribution >= 4 is 6.21 Å². The van der Waals surface area contributed by atoms with Crippen LogP contribution in [0.1, 0.15) is 33.6 Å². The molecule has 1 aliphatic rings. The molecule has 0 aliphatic heterocycles. The van der Waals surface area contributed by atoms with Crippen LogP contribution in [-0.4, -0.2) is 12.8 Å². The predicted octanol–water partition coefficient (Wildman–Crippen LogP) is 3.38. The van der Waals surface area contributed by atoms with Crippen LogP contribution in [0.2, 0.25) is 0 Å². The molecule has 0 fully saturated rings. The third kappa shape index (κ3) is 3.17. The highest BCUT2D eigenvalue weighted by Gasteiger charge is 2.20. The summed E-state index contributed by atoms with van der Waals surface area (Å²) in [6.07, 6.45) is 10.9. The maximum absolute atomic E-state index is 4.42. The molecule has 0 saturated carbocycles. The van der Waals surface area contributed by atoms with Gasteiger partial charge in [0.2, 0.25) is 0 Å². The first-order valence-corrected chi connectivity index (χ1v) is 5.02. The van der Waals surface area contributed by atoms with Gasteiger partial charge < -0.3 is 0 Å². The fourth-order valence-electron chi connectivity index (χ4n) is 1.64. The second-order valence-corrected chi connectivity index (χ2v) is 4.09. The lowest BCUT2D eigenvalue weighted by Crippen LogP contribution is -2.17. The number of aliphatic imine (C=N–C) groups is 1. The van der Waals surface area contributed by atoms with Gasteiger partial charge >= 0.3 is 0 Å². The van der Waals surface area contributed by atoms with Crippen molar-refractivity contribution in [1.29, 1.82) is 0 Å². The molecule has 0 aromatic carbocycles. The van der Waals surface area contributed by atoms with Crippen molar-refractivity contribution < 1.29 is 0 Å². The minimum Gasteiger partial charge on any atom is -0.297 e. The van der Waals surface area contributed by atoms with Gasteiger partial charge in [0.1, 0.15) is 0 Å². The summed E-state index contributed by atoms with van der Waals surface area (Å²) >= 11 is 0. The van der Waals surface area contributed by atoms with Crippen molar-refractivity contribution in [3.63, 3.8) is 0 Å². The van der Waals surface area contributed by atoms with Crippen molar-refractivity contribution in [3.8, 4) is 0 Å². The summed E-state index contributed by atoms with van der Waals surface area (Å²) in [5, 5.41) is 0. The zero-order chi connectivity index (χ0) is 9.73. The Bertz CT molecular complexity index is 248. The molecule has 1 aliphatic carbocycles. The lowest BCUT2D eigenvalue weighted by atomic mass is 9.82. The predicted molar refractivity (Wildman–Crippen MR) is 59.3 cm³/mol. The number of hydrogen-bond donors (Lipinski definition) is 0. The van der Waals surface area contributed by atoms with Gasteiger partial charge in [-0.2, -0.15) is 0 Å². The first-order valence-electron chi connectivity index (χ1n) is 5.02. The van der Waals surface area contributed by atoms with Gasteiger partial charge in [-0.15, -0.1) is 0 Å². The Morgan fingerprint density at radius 1 is 1.62 bits per heavy atom. The number of rotatable bonds is 3. The Morgan fingerprint density at radius 2 is 2.38 bits per heavy atom. The van der Waals surface area contributed by atoms with Gasteiger partial charge in [-0.05, 0) is 19.8 Å². The molecule has 1 heteroatoms. The van der Waals surface area contributed by atoms with Gasteiger partial charge in [0.05, 0.1) is 0 Å². The minimum absolute atomic E-state index is 0.161. The lowest BCUT2D eigenvalue weighted by Gasteiger charge is -2.24. The van der Waals surface area contributed by atoms with Crippen molar-refractivity contribution in [3.05, 3.63) is 23.8 Å². The summed E-state index contributed by atoms with van der Waals surface area (Å²) in [7, 11) is 0. The summed E-state index contributed by atoms with van der Waals surface area (Å²) in [6.45, 7) is 7.52. The van der Waals surface area contributed by atoms with Crippen LogP contribution < -0.4 is 0 Å². The molecule has 0 aromatic rings. The fraction of sp³-hybridized carbons (Fsp3) is 0.583. The van der Waals surface area contributed by atoms with Crippen molar-refractivity contribution in [1.82, 2.24) is 0 Å². The van der Waals surface area contributed by atoms with Crippen molar-refractivity contribution in [2.75, 3.05) is 6.54 Å². The highest BCUT2D eigenvalue weighted by atomic mass is 14.7. The monoisotopic (exact) mass is 177 g/mol. The summed E-state index contributed by atoms with van der Waals surface area (Å²) in [6, 6.07) is 0. The van der Waals surface area contributed by atoms with E-state index in [-0.39, 0.29) is 5.41 Å². The molecule has 0 spiro atoms. The van der Waals surface area contributed by atoms with Crippen LogP contribution >= 0.6 is 0 Å². The summed E-state index contributed by atoms with van der Waals surface area (Å²) in [4.78, 5) is 4.42. The SMILES string of the molecule is CCCN=CC1(C)C=CC=C(C)C1. The van der Waals surface area contributed by atoms with Gasteiger partial charge in [0.15, 0.2) is 0 Å². The van der Waals surface area contributed by atoms with E-state index in [0.29, 0.717) is 0 Å². The van der Waals surface area contributed by atoms with E-state index < -0.39 is 0 Å². The molecule has 0 aromatic heterocycles. The Morgan fingerprint density at radius 3 is 3.00 bits per heavy atom. The molecule has 0 amide bonds. The molecule has 1 atom stereocenters. The molecule has 0 bridgehead atoms. The Kier molecular flexibility index (Phi) is 3.47.